The minimum absolute atomic E-state index is 0.0145. The van der Waals surface area contributed by atoms with Crippen LogP contribution in [-0.2, 0) is 45.4 Å². The number of rotatable bonds is 15. The van der Waals surface area contributed by atoms with Crippen LogP contribution >= 0.6 is 0 Å². The quantitative estimate of drug-likeness (QED) is 0.0311. The number of carbonyl (C=O) groups excluding carboxylic acids is 12. The van der Waals surface area contributed by atoms with E-state index < -0.39 is 124 Å². The summed E-state index contributed by atoms with van der Waals surface area (Å²) in [6, 6.07) is 29.8. The zero-order chi connectivity index (χ0) is 90.4. The maximum Gasteiger partial charge on any atom is 0.387 e. The molecule has 16 rings (SSSR count). The Morgan fingerprint density at radius 3 is 1.07 bits per heavy atom. The van der Waals surface area contributed by atoms with Crippen LogP contribution in [0.1, 0.15) is 91.5 Å². The zero-order valence-electron chi connectivity index (χ0n) is 66.1. The first-order valence-electron chi connectivity index (χ1n) is 37.1. The molecule has 0 unspecified atom stereocenters. The van der Waals surface area contributed by atoms with Gasteiger partial charge in [-0.2, -0.15) is 14.0 Å². The Morgan fingerprint density at radius 2 is 0.722 bits per heavy atom. The van der Waals surface area contributed by atoms with Crippen LogP contribution in [0.4, 0.5) is 54.3 Å². The lowest BCUT2D eigenvalue weighted by atomic mass is 9.98. The molecule has 0 aromatic heterocycles. The second-order valence-electron chi connectivity index (χ2n) is 28.4. The lowest BCUT2D eigenvalue weighted by Crippen LogP contribution is -2.54. The van der Waals surface area contributed by atoms with Crippen LogP contribution in [0.3, 0.4) is 0 Å². The molecule has 16 amide bonds. The summed E-state index contributed by atoms with van der Waals surface area (Å²) in [5.41, 5.74) is -2.93. The first-order valence-corrected chi connectivity index (χ1v) is 37.1. The average molecular weight is 1730 g/mol. The Bertz CT molecular complexity index is 6340. The summed E-state index contributed by atoms with van der Waals surface area (Å²) in [5.74, 6) is 12.4. The summed E-state index contributed by atoms with van der Waals surface area (Å²) in [5, 5.41) is 27.2. The maximum absolute atomic E-state index is 14.0. The molecule has 8 aliphatic rings. The van der Waals surface area contributed by atoms with E-state index in [2.05, 4.69) is 89.3 Å². The van der Waals surface area contributed by atoms with E-state index in [9.17, 15) is 92.7 Å². The number of imide groups is 4. The molecule has 0 spiro atoms. The summed E-state index contributed by atoms with van der Waals surface area (Å²) in [4.78, 5) is 155. The highest BCUT2D eigenvalue weighted by Crippen LogP contribution is 2.35. The van der Waals surface area contributed by atoms with Gasteiger partial charge < -0.3 is 69.3 Å². The molecule has 0 radical (unpaired) electrons. The van der Waals surface area contributed by atoms with Gasteiger partial charge in [-0.05, 0) is 125 Å². The van der Waals surface area contributed by atoms with Crippen LogP contribution in [0.5, 0.6) is 34.5 Å². The summed E-state index contributed by atoms with van der Waals surface area (Å²) in [6.07, 6.45) is 0. The molecule has 8 aromatic rings. The first-order chi connectivity index (χ1) is 60.1. The van der Waals surface area contributed by atoms with Crippen molar-refractivity contribution < 1.29 is 121 Å². The second-order valence-corrected chi connectivity index (χ2v) is 28.4. The van der Waals surface area contributed by atoms with E-state index in [1.165, 1.54) is 91.5 Å². The number of hydrogen-bond donors (Lipinski definition) is 8. The van der Waals surface area contributed by atoms with Crippen molar-refractivity contribution in [2.24, 2.45) is 0 Å². The van der Waals surface area contributed by atoms with Crippen molar-refractivity contribution in [3.8, 4) is 87.9 Å². The third kappa shape index (κ3) is 18.2. The summed E-state index contributed by atoms with van der Waals surface area (Å²) >= 11 is 0. The largest absolute Gasteiger partial charge is 0.497 e. The molecule has 39 heteroatoms. The standard InChI is InChI=1S/C22H17F2N3O5.C22H15FN4O4.C22H18FN3O5.C21H13F4N3O4/c1-31-15-4-3-13-10-27(19(28)16(13)9-15)11-22(20(29)25-21(30)26-22)6-5-12-7-14(23)8-17(24)18(12)32-2;1-31-16-4-3-14-11-27(19(28)17(14)9-16)12-22(20(29)25-21(30)26-22)7-6-13-2-5-18(23)15(8-13)10-24;1-30-15-5-4-14-11-26(19(27)16(14)10-15)12-22(20(28)24-21(29)25-22)8-7-13-3-6-18(31-2)17(23)9-13;22-13-3-1-11(16(23)7-13)5-6-21(18(30)26-20(31)27-21)10-28-9-12-2-4-14(32-19(24)25)8-15(12)17(28)29/h3-4,7-9H,10-11H2,1-2H3,(H2,25,26,29,30);2-5,8-9H,11-12H2,1H3,(H2,25,26,29,30);3-6,9-10H,11-12H2,1-2H3,(H2,24,25,28,29);1-4,7-8,19H,9-10H2,(H2,26,27,30,31)/t3*22-;21-/m1111/s1. The van der Waals surface area contributed by atoms with Crippen molar-refractivity contribution in [3.05, 3.63) is 247 Å². The number of fused-ring (bicyclic) bond motifs is 4. The monoisotopic (exact) mass is 1730 g/mol. The molecule has 126 heavy (non-hydrogen) atoms. The van der Waals surface area contributed by atoms with E-state index in [0.29, 0.717) is 51.6 Å². The Balaban J connectivity index is 0.000000144. The van der Waals surface area contributed by atoms with E-state index in [1.54, 1.807) is 60.7 Å². The Kier molecular flexibility index (Phi) is 24.6. The SMILES string of the molecule is COc1ccc2c(c1)C(=O)N(C[C@@]1(C#Cc3cc(F)cc(F)c3OC)NC(=O)NC1=O)C2.COc1ccc2c(c1)C(=O)N(C[C@@]1(C#Cc3ccc(F)c(C#N)c3)NC(=O)NC1=O)C2.COc1ccc2c(c1)C(=O)N(C[C@@]1(C#Cc3ccc(OC)c(F)c3)NC(=O)NC1=O)C2.O=C1NC(=O)[C@@](C#Cc2ccc(F)cc2F)(CN2Cc3ccc(OC(F)F)cc3C2=O)N1. The number of hydrogen-bond acceptors (Lipinski definition) is 19. The number of urea groups is 4. The number of methoxy groups -OCH3 is 5. The smallest absolute Gasteiger partial charge is 0.387 e. The van der Waals surface area contributed by atoms with Gasteiger partial charge in [-0.3, -0.25) is 59.6 Å². The number of amides is 16. The molecule has 8 heterocycles. The number of alkyl halides is 2. The summed E-state index contributed by atoms with van der Waals surface area (Å²) < 4.78 is 137. The van der Waals surface area contributed by atoms with Crippen molar-refractivity contribution in [1.82, 2.24) is 62.1 Å². The third-order valence-electron chi connectivity index (χ3n) is 20.3. The van der Waals surface area contributed by atoms with Crippen molar-refractivity contribution in [2.45, 2.75) is 54.9 Å². The van der Waals surface area contributed by atoms with E-state index >= 15 is 0 Å². The van der Waals surface area contributed by atoms with E-state index in [4.69, 9.17) is 28.9 Å². The van der Waals surface area contributed by atoms with Gasteiger partial charge in [0, 0.05) is 71.7 Å². The molecule has 640 valence electrons. The fraction of sp³-hybridized carbons (Fsp3) is 0.207. The summed E-state index contributed by atoms with van der Waals surface area (Å²) in [6.45, 7) is -3.44. The normalized spacial score (nSPS) is 19.2. The number of nitrogens with zero attached hydrogens (tertiary/aromatic N) is 5. The van der Waals surface area contributed by atoms with Gasteiger partial charge in [-0.15, -0.1) is 0 Å². The number of nitrogens with one attached hydrogen (secondary N) is 8. The van der Waals surface area contributed by atoms with Crippen LogP contribution in [-0.4, -0.2) is 181 Å². The highest BCUT2D eigenvalue weighted by molar-refractivity contribution is 6.13. The minimum atomic E-state index is -3.07. The molecule has 0 aliphatic carbocycles. The van der Waals surface area contributed by atoms with Gasteiger partial charge >= 0.3 is 30.7 Å². The molecule has 8 aliphatic heterocycles. The molecule has 4 atom stereocenters. The van der Waals surface area contributed by atoms with Crippen LogP contribution in [0, 0.1) is 93.6 Å². The van der Waals surface area contributed by atoms with Crippen LogP contribution in [0.25, 0.3) is 0 Å². The van der Waals surface area contributed by atoms with Gasteiger partial charge in [0.1, 0.15) is 52.3 Å². The molecule has 4 saturated heterocycles. The highest BCUT2D eigenvalue weighted by atomic mass is 19.3. The van der Waals surface area contributed by atoms with Crippen molar-refractivity contribution in [1.29, 1.82) is 5.26 Å². The predicted octanol–water partition coefficient (Wildman–Crippen LogP) is 6.44. The number of nitriles is 1. The van der Waals surface area contributed by atoms with Gasteiger partial charge in [0.05, 0.1) is 78.4 Å². The minimum Gasteiger partial charge on any atom is -0.497 e. The zero-order valence-corrected chi connectivity index (χ0v) is 66.1. The molecule has 8 aromatic carbocycles. The van der Waals surface area contributed by atoms with Crippen LogP contribution in [0.2, 0.25) is 0 Å². The van der Waals surface area contributed by atoms with Crippen molar-refractivity contribution in [2.75, 3.05) is 61.7 Å². The molecule has 0 saturated carbocycles. The molecular weight excluding hydrogens is 1670 g/mol. The average Bonchev–Trinajstić information content (AvgIpc) is 1.63. The van der Waals surface area contributed by atoms with Gasteiger partial charge in [0.25, 0.3) is 47.3 Å². The van der Waals surface area contributed by atoms with E-state index in [1.807, 2.05) is 5.32 Å². The van der Waals surface area contributed by atoms with Crippen LogP contribution in [0.15, 0.2) is 140 Å². The number of ether oxygens (including phenoxy) is 6. The maximum atomic E-state index is 14.0. The molecular formula is C87H63F8N13O18. The number of carbonyl (C=O) groups is 12. The van der Waals surface area contributed by atoms with Crippen LogP contribution < -0.4 is 71.0 Å². The van der Waals surface area contributed by atoms with E-state index in [-0.39, 0.29) is 114 Å². The van der Waals surface area contributed by atoms with Crippen molar-refractivity contribution >= 4 is 71.4 Å². The Morgan fingerprint density at radius 1 is 0.357 bits per heavy atom. The summed E-state index contributed by atoms with van der Waals surface area (Å²) in [7, 11) is 7.01. The van der Waals surface area contributed by atoms with Crippen molar-refractivity contribution in [3.63, 3.8) is 0 Å². The van der Waals surface area contributed by atoms with Gasteiger partial charge in [0.2, 0.25) is 22.2 Å². The predicted molar refractivity (Wildman–Crippen MR) is 419 cm³/mol. The van der Waals surface area contributed by atoms with Gasteiger partial charge in [0.15, 0.2) is 23.1 Å². The fourth-order valence-electron chi connectivity index (χ4n) is 14.1. The Hall–Kier alpha value is -16.6. The first kappa shape index (κ1) is 87.2. The molecule has 0 bridgehead atoms. The Labute approximate surface area is 708 Å². The van der Waals surface area contributed by atoms with Gasteiger partial charge in [-0.25, -0.2) is 45.5 Å². The fourth-order valence-corrected chi connectivity index (χ4v) is 14.1. The van der Waals surface area contributed by atoms with E-state index in [0.717, 1.165) is 53.1 Å². The lowest BCUT2D eigenvalue weighted by Gasteiger charge is -2.26. The number of benzene rings is 8. The van der Waals surface area contributed by atoms with Gasteiger partial charge in [-0.1, -0.05) is 71.6 Å². The molecule has 8 N–H and O–H groups in total. The molecule has 4 fully saturated rings. The third-order valence-corrected chi connectivity index (χ3v) is 20.3. The molecule has 31 nitrogen and oxygen atoms in total. The number of halogens is 8. The lowest BCUT2D eigenvalue weighted by molar-refractivity contribution is -0.123. The second kappa shape index (κ2) is 35.6. The topological polar surface area (TPSA) is 393 Å². The highest BCUT2D eigenvalue weighted by Gasteiger charge is 2.53.